The lowest BCUT2D eigenvalue weighted by Gasteiger charge is -2.37. The van der Waals surface area contributed by atoms with Crippen molar-refractivity contribution in [3.63, 3.8) is 0 Å². The highest BCUT2D eigenvalue weighted by Gasteiger charge is 2.35. The van der Waals surface area contributed by atoms with Gasteiger partial charge in [-0.3, -0.25) is 9.59 Å². The van der Waals surface area contributed by atoms with Gasteiger partial charge in [0.25, 0.3) is 0 Å². The molecule has 2 fully saturated rings. The molecule has 0 aromatic rings. The van der Waals surface area contributed by atoms with Gasteiger partial charge >= 0.3 is 0 Å². The highest BCUT2D eigenvalue weighted by molar-refractivity contribution is 5.82. The molecular formula is C10H17N3O2. The van der Waals surface area contributed by atoms with Crippen LogP contribution in [-0.2, 0) is 9.59 Å². The van der Waals surface area contributed by atoms with Gasteiger partial charge in [0.2, 0.25) is 11.8 Å². The molecule has 2 rings (SSSR count). The van der Waals surface area contributed by atoms with Crippen molar-refractivity contribution >= 4 is 11.8 Å². The molecule has 4 N–H and O–H groups in total. The molecule has 1 aliphatic carbocycles. The van der Waals surface area contributed by atoms with Crippen molar-refractivity contribution in [2.24, 2.45) is 5.73 Å². The number of nitrogens with one attached hydrogen (secondary N) is 2. The Morgan fingerprint density at radius 1 is 1.60 bits per heavy atom. The van der Waals surface area contributed by atoms with Crippen LogP contribution < -0.4 is 16.4 Å². The molecule has 5 nitrogen and oxygen atoms in total. The second kappa shape index (κ2) is 3.81. The van der Waals surface area contributed by atoms with Gasteiger partial charge in [-0.05, 0) is 19.3 Å². The van der Waals surface area contributed by atoms with Crippen LogP contribution in [-0.4, -0.2) is 29.9 Å². The smallest absolute Gasteiger partial charge is 0.222 e. The van der Waals surface area contributed by atoms with Crippen molar-refractivity contribution in [2.45, 2.75) is 43.7 Å². The van der Waals surface area contributed by atoms with E-state index >= 15 is 0 Å². The van der Waals surface area contributed by atoms with Crippen LogP contribution in [0.4, 0.5) is 0 Å². The van der Waals surface area contributed by atoms with Gasteiger partial charge in [0, 0.05) is 24.9 Å². The van der Waals surface area contributed by atoms with E-state index in [2.05, 4.69) is 10.6 Å². The second-order valence-corrected chi connectivity index (χ2v) is 4.67. The van der Waals surface area contributed by atoms with E-state index in [9.17, 15) is 9.59 Å². The number of carbonyl (C=O) groups is 2. The summed E-state index contributed by atoms with van der Waals surface area (Å²) in [4.78, 5) is 22.5. The van der Waals surface area contributed by atoms with Crippen LogP contribution in [0, 0.1) is 0 Å². The molecule has 0 aromatic heterocycles. The van der Waals surface area contributed by atoms with E-state index < -0.39 is 0 Å². The number of hydrogen-bond donors (Lipinski definition) is 3. The van der Waals surface area contributed by atoms with E-state index in [0.717, 1.165) is 19.3 Å². The zero-order valence-electron chi connectivity index (χ0n) is 8.71. The van der Waals surface area contributed by atoms with Gasteiger partial charge in [0.15, 0.2) is 0 Å². The van der Waals surface area contributed by atoms with Gasteiger partial charge in [-0.15, -0.1) is 0 Å². The zero-order chi connectivity index (χ0) is 10.9. The summed E-state index contributed by atoms with van der Waals surface area (Å²) in [5, 5.41) is 5.51. The van der Waals surface area contributed by atoms with E-state index in [1.807, 2.05) is 0 Å². The molecule has 5 heteroatoms. The topological polar surface area (TPSA) is 84.2 Å². The summed E-state index contributed by atoms with van der Waals surface area (Å²) in [6, 6.07) is -0.0475. The standard InChI is InChI=1S/C10H17N3O2/c11-10(2-1-3-10)5-9(15)13-7-4-8(14)12-6-7/h7H,1-6,11H2,(H,12,14)(H,13,15). The van der Waals surface area contributed by atoms with E-state index in [1.165, 1.54) is 0 Å². The Morgan fingerprint density at radius 2 is 2.33 bits per heavy atom. The average molecular weight is 211 g/mol. The van der Waals surface area contributed by atoms with Crippen molar-refractivity contribution in [3.05, 3.63) is 0 Å². The SMILES string of the molecule is NC1(CC(=O)NC2CNC(=O)C2)CCC1. The summed E-state index contributed by atoms with van der Waals surface area (Å²) < 4.78 is 0. The first-order chi connectivity index (χ1) is 7.07. The normalized spacial score (nSPS) is 28.1. The molecular weight excluding hydrogens is 194 g/mol. The Hall–Kier alpha value is -1.10. The fraction of sp³-hybridized carbons (Fsp3) is 0.800. The molecule has 1 aliphatic heterocycles. The fourth-order valence-corrected chi connectivity index (χ4v) is 2.11. The van der Waals surface area contributed by atoms with Crippen molar-refractivity contribution in [2.75, 3.05) is 6.54 Å². The van der Waals surface area contributed by atoms with Crippen molar-refractivity contribution in [1.82, 2.24) is 10.6 Å². The number of amides is 2. The second-order valence-electron chi connectivity index (χ2n) is 4.67. The summed E-state index contributed by atoms with van der Waals surface area (Å²) in [5.74, 6) is -0.0231. The molecule has 2 amide bonds. The molecule has 15 heavy (non-hydrogen) atoms. The van der Waals surface area contributed by atoms with Crippen LogP contribution in [0.1, 0.15) is 32.1 Å². The van der Waals surface area contributed by atoms with E-state index in [4.69, 9.17) is 5.73 Å². The maximum atomic E-state index is 11.6. The van der Waals surface area contributed by atoms with Gasteiger partial charge in [-0.25, -0.2) is 0 Å². The molecule has 0 radical (unpaired) electrons. The lowest BCUT2D eigenvalue weighted by Crippen LogP contribution is -2.51. The first-order valence-electron chi connectivity index (χ1n) is 5.42. The molecule has 2 aliphatic rings. The molecule has 1 saturated carbocycles. The molecule has 84 valence electrons. The van der Waals surface area contributed by atoms with Crippen LogP contribution in [0.3, 0.4) is 0 Å². The van der Waals surface area contributed by atoms with Gasteiger partial charge < -0.3 is 16.4 Å². The minimum atomic E-state index is -0.278. The van der Waals surface area contributed by atoms with Crippen LogP contribution >= 0.6 is 0 Å². The molecule has 0 aromatic carbocycles. The third-order valence-electron chi connectivity index (χ3n) is 3.20. The number of carbonyl (C=O) groups excluding carboxylic acids is 2. The predicted molar refractivity (Wildman–Crippen MR) is 54.9 cm³/mol. The van der Waals surface area contributed by atoms with E-state index in [1.54, 1.807) is 0 Å². The van der Waals surface area contributed by atoms with Crippen molar-refractivity contribution < 1.29 is 9.59 Å². The minimum Gasteiger partial charge on any atom is -0.354 e. The Kier molecular flexibility index (Phi) is 2.65. The first kappa shape index (κ1) is 10.4. The van der Waals surface area contributed by atoms with Gasteiger partial charge in [-0.2, -0.15) is 0 Å². The molecule has 1 atom stereocenters. The predicted octanol–water partition coefficient (Wildman–Crippen LogP) is -0.737. The van der Waals surface area contributed by atoms with Crippen LogP contribution in [0.2, 0.25) is 0 Å². The lowest BCUT2D eigenvalue weighted by atomic mass is 9.75. The van der Waals surface area contributed by atoms with E-state index in [-0.39, 0.29) is 23.4 Å². The molecule has 1 unspecified atom stereocenters. The number of hydrogen-bond acceptors (Lipinski definition) is 3. The Labute approximate surface area is 88.8 Å². The highest BCUT2D eigenvalue weighted by Crippen LogP contribution is 2.31. The van der Waals surface area contributed by atoms with Crippen LogP contribution in [0.25, 0.3) is 0 Å². The van der Waals surface area contributed by atoms with Gasteiger partial charge in [-0.1, -0.05) is 0 Å². The minimum absolute atomic E-state index is 0.00593. The van der Waals surface area contributed by atoms with Gasteiger partial charge in [0.1, 0.15) is 0 Å². The van der Waals surface area contributed by atoms with Gasteiger partial charge in [0.05, 0.1) is 6.04 Å². The third kappa shape index (κ3) is 2.47. The molecule has 1 heterocycles. The van der Waals surface area contributed by atoms with Crippen molar-refractivity contribution in [3.8, 4) is 0 Å². The Morgan fingerprint density at radius 3 is 2.80 bits per heavy atom. The maximum Gasteiger partial charge on any atom is 0.222 e. The summed E-state index contributed by atoms with van der Waals surface area (Å²) in [6.45, 7) is 0.544. The molecule has 0 bridgehead atoms. The van der Waals surface area contributed by atoms with Crippen molar-refractivity contribution in [1.29, 1.82) is 0 Å². The third-order valence-corrected chi connectivity index (χ3v) is 3.20. The summed E-state index contributed by atoms with van der Waals surface area (Å²) in [6.07, 6.45) is 3.76. The van der Waals surface area contributed by atoms with Crippen LogP contribution in [0.15, 0.2) is 0 Å². The zero-order valence-corrected chi connectivity index (χ0v) is 8.71. The lowest BCUT2D eigenvalue weighted by molar-refractivity contribution is -0.123. The Balaban J connectivity index is 1.75. The number of rotatable bonds is 3. The maximum absolute atomic E-state index is 11.6. The largest absolute Gasteiger partial charge is 0.354 e. The summed E-state index contributed by atoms with van der Waals surface area (Å²) in [7, 11) is 0. The first-order valence-corrected chi connectivity index (χ1v) is 5.42. The monoisotopic (exact) mass is 211 g/mol. The molecule has 1 saturated heterocycles. The fourth-order valence-electron chi connectivity index (χ4n) is 2.11. The summed E-state index contributed by atoms with van der Waals surface area (Å²) in [5.41, 5.74) is 5.68. The molecule has 0 spiro atoms. The quantitative estimate of drug-likeness (QED) is 0.575. The number of nitrogens with two attached hydrogens (primary N) is 1. The van der Waals surface area contributed by atoms with Crippen LogP contribution in [0.5, 0.6) is 0 Å². The van der Waals surface area contributed by atoms with E-state index in [0.29, 0.717) is 19.4 Å². The average Bonchev–Trinajstić information content (AvgIpc) is 2.48. The summed E-state index contributed by atoms with van der Waals surface area (Å²) >= 11 is 0. The Bertz CT molecular complexity index is 286. The highest BCUT2D eigenvalue weighted by atomic mass is 16.2.